The van der Waals surface area contributed by atoms with Crippen LogP contribution in [0, 0.1) is 0 Å². The molecular weight excluding hydrogens is 192 g/mol. The number of benzene rings is 1. The van der Waals surface area contributed by atoms with Crippen molar-refractivity contribution in [2.75, 3.05) is 0 Å². The summed E-state index contributed by atoms with van der Waals surface area (Å²) in [5, 5.41) is 11.2. The van der Waals surface area contributed by atoms with E-state index in [-0.39, 0.29) is 5.78 Å². The fraction of sp³-hybridized carbons (Fsp3) is 0.200. The molecule has 0 N–H and O–H groups in total. The van der Waals surface area contributed by atoms with Crippen LogP contribution in [-0.4, -0.2) is 26.0 Å². The summed E-state index contributed by atoms with van der Waals surface area (Å²) >= 11 is 0. The van der Waals surface area contributed by atoms with E-state index >= 15 is 0 Å². The van der Waals surface area contributed by atoms with Crippen LogP contribution in [0.5, 0.6) is 0 Å². The maximum absolute atomic E-state index is 11.1. The lowest BCUT2D eigenvalue weighted by Crippen LogP contribution is -1.96. The third-order valence-electron chi connectivity index (χ3n) is 2.17. The molecule has 0 aliphatic carbocycles. The summed E-state index contributed by atoms with van der Waals surface area (Å²) in [6.07, 6.45) is 0. The van der Waals surface area contributed by atoms with Gasteiger partial charge < -0.3 is 0 Å². The molecule has 2 aromatic rings. The predicted molar refractivity (Wildman–Crippen MR) is 54.2 cm³/mol. The Morgan fingerprint density at radius 1 is 1.27 bits per heavy atom. The van der Waals surface area contributed by atoms with E-state index in [1.165, 1.54) is 0 Å². The lowest BCUT2D eigenvalue weighted by molar-refractivity contribution is 0.101. The molecule has 0 amide bonds. The molecule has 5 heteroatoms. The van der Waals surface area contributed by atoms with Crippen LogP contribution in [0.2, 0.25) is 0 Å². The van der Waals surface area contributed by atoms with Gasteiger partial charge in [0.05, 0.1) is 0 Å². The molecule has 0 aliphatic rings. The number of carbonyl (C=O) groups is 1. The van der Waals surface area contributed by atoms with Crippen LogP contribution in [0.4, 0.5) is 0 Å². The number of hydrogen-bond acceptors (Lipinski definition) is 4. The number of aryl methyl sites for hydroxylation is 1. The Morgan fingerprint density at radius 2 is 1.93 bits per heavy atom. The summed E-state index contributed by atoms with van der Waals surface area (Å²) in [5.74, 6) is 0.739. The Kier molecular flexibility index (Phi) is 2.29. The Hall–Kier alpha value is -2.04. The molecule has 0 spiro atoms. The maximum Gasteiger partial charge on any atom is 0.181 e. The highest BCUT2D eigenvalue weighted by Crippen LogP contribution is 2.15. The zero-order valence-corrected chi connectivity index (χ0v) is 8.51. The first-order valence-electron chi connectivity index (χ1n) is 4.52. The van der Waals surface area contributed by atoms with Gasteiger partial charge in [-0.2, -0.15) is 0 Å². The van der Waals surface area contributed by atoms with Gasteiger partial charge in [0.2, 0.25) is 0 Å². The Balaban J connectivity index is 2.40. The smallest absolute Gasteiger partial charge is 0.181 e. The number of rotatable bonds is 2. The van der Waals surface area contributed by atoms with Gasteiger partial charge >= 0.3 is 0 Å². The van der Waals surface area contributed by atoms with E-state index in [1.807, 2.05) is 12.1 Å². The summed E-state index contributed by atoms with van der Waals surface area (Å²) in [7, 11) is 1.77. The van der Waals surface area contributed by atoms with E-state index in [9.17, 15) is 4.79 Å². The fourth-order valence-electron chi connectivity index (χ4n) is 1.33. The molecule has 0 unspecified atom stereocenters. The number of Topliss-reactive ketones (excluding diaryl/α,β-unsaturated/α-hetero) is 1. The van der Waals surface area contributed by atoms with Crippen molar-refractivity contribution in [3.05, 3.63) is 29.8 Å². The third-order valence-corrected chi connectivity index (χ3v) is 2.17. The van der Waals surface area contributed by atoms with Crippen LogP contribution < -0.4 is 0 Å². The monoisotopic (exact) mass is 202 g/mol. The number of hydrogen-bond donors (Lipinski definition) is 0. The molecule has 76 valence electrons. The molecule has 5 nitrogen and oxygen atoms in total. The molecule has 1 aromatic carbocycles. The molecule has 0 atom stereocenters. The number of tetrazole rings is 1. The molecule has 0 bridgehead atoms. The van der Waals surface area contributed by atoms with Crippen molar-refractivity contribution in [2.24, 2.45) is 7.05 Å². The first-order chi connectivity index (χ1) is 7.18. The van der Waals surface area contributed by atoms with Gasteiger partial charge in [-0.1, -0.05) is 24.3 Å². The lowest BCUT2D eigenvalue weighted by Gasteiger charge is -1.99. The largest absolute Gasteiger partial charge is 0.295 e. The van der Waals surface area contributed by atoms with Crippen molar-refractivity contribution in [1.29, 1.82) is 0 Å². The van der Waals surface area contributed by atoms with Gasteiger partial charge in [0, 0.05) is 18.2 Å². The van der Waals surface area contributed by atoms with Gasteiger partial charge in [0.15, 0.2) is 11.6 Å². The van der Waals surface area contributed by atoms with Crippen LogP contribution in [-0.2, 0) is 7.05 Å². The number of carbonyl (C=O) groups excluding carboxylic acids is 1. The normalized spacial score (nSPS) is 10.3. The molecular formula is C10H10N4O. The second-order valence-electron chi connectivity index (χ2n) is 3.26. The number of ketones is 1. The highest BCUT2D eigenvalue weighted by Gasteiger charge is 2.06. The second kappa shape index (κ2) is 3.61. The minimum Gasteiger partial charge on any atom is -0.295 e. The zero-order chi connectivity index (χ0) is 10.8. The van der Waals surface area contributed by atoms with Crippen LogP contribution in [0.1, 0.15) is 17.3 Å². The average Bonchev–Trinajstić information content (AvgIpc) is 2.65. The molecule has 1 aromatic heterocycles. The van der Waals surface area contributed by atoms with Gasteiger partial charge in [-0.3, -0.25) is 4.79 Å². The fourth-order valence-corrected chi connectivity index (χ4v) is 1.33. The van der Waals surface area contributed by atoms with Crippen LogP contribution in [0.25, 0.3) is 11.4 Å². The van der Waals surface area contributed by atoms with Gasteiger partial charge in [-0.25, -0.2) is 4.68 Å². The predicted octanol–water partition coefficient (Wildman–Crippen LogP) is 1.08. The van der Waals surface area contributed by atoms with E-state index in [2.05, 4.69) is 15.5 Å². The Bertz CT molecular complexity index is 486. The van der Waals surface area contributed by atoms with Crippen LogP contribution in [0.15, 0.2) is 24.3 Å². The SMILES string of the molecule is CC(=O)c1ccc(-c2nnnn2C)cc1. The first-order valence-corrected chi connectivity index (χ1v) is 4.52. The zero-order valence-electron chi connectivity index (χ0n) is 8.51. The molecule has 2 rings (SSSR count). The number of nitrogens with zero attached hydrogens (tertiary/aromatic N) is 4. The van der Waals surface area contributed by atoms with Gasteiger partial charge in [-0.15, -0.1) is 5.10 Å². The summed E-state index contributed by atoms with van der Waals surface area (Å²) in [5.41, 5.74) is 1.58. The third kappa shape index (κ3) is 1.76. The molecule has 0 saturated heterocycles. The van der Waals surface area contributed by atoms with Crippen molar-refractivity contribution in [3.8, 4) is 11.4 Å². The Labute approximate surface area is 86.7 Å². The highest BCUT2D eigenvalue weighted by atomic mass is 16.1. The molecule has 0 aliphatic heterocycles. The summed E-state index contributed by atoms with van der Waals surface area (Å²) in [4.78, 5) is 11.1. The molecule has 1 heterocycles. The average molecular weight is 202 g/mol. The quantitative estimate of drug-likeness (QED) is 0.683. The topological polar surface area (TPSA) is 60.7 Å². The van der Waals surface area contributed by atoms with Crippen LogP contribution >= 0.6 is 0 Å². The van der Waals surface area contributed by atoms with Gasteiger partial charge in [-0.05, 0) is 17.4 Å². The van der Waals surface area contributed by atoms with Crippen molar-refractivity contribution >= 4 is 5.78 Å². The maximum atomic E-state index is 11.1. The summed E-state index contributed by atoms with van der Waals surface area (Å²) in [6.45, 7) is 1.54. The standard InChI is InChI=1S/C10H10N4O/c1-7(15)8-3-5-9(6-4-8)10-11-12-13-14(10)2/h3-6H,1-2H3. The molecule has 0 saturated carbocycles. The van der Waals surface area contributed by atoms with E-state index in [1.54, 1.807) is 30.8 Å². The summed E-state index contributed by atoms with van der Waals surface area (Å²) in [6, 6.07) is 7.21. The first kappa shape index (κ1) is 9.51. The van der Waals surface area contributed by atoms with Crippen molar-refractivity contribution in [2.45, 2.75) is 6.92 Å². The van der Waals surface area contributed by atoms with Crippen molar-refractivity contribution < 1.29 is 4.79 Å². The van der Waals surface area contributed by atoms with Crippen LogP contribution in [0.3, 0.4) is 0 Å². The molecule has 0 fully saturated rings. The lowest BCUT2D eigenvalue weighted by atomic mass is 10.1. The number of aromatic nitrogens is 4. The van der Waals surface area contributed by atoms with Crippen molar-refractivity contribution in [1.82, 2.24) is 20.2 Å². The summed E-state index contributed by atoms with van der Waals surface area (Å²) < 4.78 is 1.59. The second-order valence-corrected chi connectivity index (χ2v) is 3.26. The Morgan fingerprint density at radius 3 is 2.40 bits per heavy atom. The molecule has 0 radical (unpaired) electrons. The van der Waals surface area contributed by atoms with E-state index in [0.29, 0.717) is 11.4 Å². The van der Waals surface area contributed by atoms with E-state index in [4.69, 9.17) is 0 Å². The van der Waals surface area contributed by atoms with Crippen molar-refractivity contribution in [3.63, 3.8) is 0 Å². The van der Waals surface area contributed by atoms with E-state index in [0.717, 1.165) is 5.56 Å². The van der Waals surface area contributed by atoms with E-state index < -0.39 is 0 Å². The highest BCUT2D eigenvalue weighted by molar-refractivity contribution is 5.94. The minimum absolute atomic E-state index is 0.0534. The van der Waals surface area contributed by atoms with Gasteiger partial charge in [0.25, 0.3) is 0 Å². The van der Waals surface area contributed by atoms with Gasteiger partial charge in [0.1, 0.15) is 0 Å². The minimum atomic E-state index is 0.0534. The molecule has 15 heavy (non-hydrogen) atoms.